The number of carbonyl (C=O) groups is 1. The molecular weight excluding hydrogens is 258 g/mol. The third kappa shape index (κ3) is 4.92. The summed E-state index contributed by atoms with van der Waals surface area (Å²) in [5.74, 6) is -0.0379. The first-order chi connectivity index (χ1) is 9.75. The molecule has 1 fully saturated rings. The lowest BCUT2D eigenvalue weighted by Crippen LogP contribution is -2.42. The van der Waals surface area contributed by atoms with Gasteiger partial charge in [0.25, 0.3) is 0 Å². The van der Waals surface area contributed by atoms with E-state index in [-0.39, 0.29) is 18.9 Å². The van der Waals surface area contributed by atoms with Gasteiger partial charge in [-0.25, -0.2) is 0 Å². The van der Waals surface area contributed by atoms with Crippen LogP contribution >= 0.6 is 0 Å². The van der Waals surface area contributed by atoms with Crippen molar-refractivity contribution in [3.63, 3.8) is 0 Å². The Kier molecular flexibility index (Phi) is 5.98. The van der Waals surface area contributed by atoms with Crippen LogP contribution in [0.3, 0.4) is 0 Å². The van der Waals surface area contributed by atoms with Crippen LogP contribution in [-0.4, -0.2) is 54.9 Å². The fourth-order valence-corrected chi connectivity index (χ4v) is 2.09. The predicted octanol–water partition coefficient (Wildman–Crippen LogP) is 0.813. The molecule has 1 aliphatic rings. The molecule has 1 aromatic rings. The van der Waals surface area contributed by atoms with Gasteiger partial charge in [0.05, 0.1) is 39.0 Å². The number of aliphatic hydroxyl groups is 1. The molecule has 5 heteroatoms. The van der Waals surface area contributed by atoms with Gasteiger partial charge < -0.3 is 19.5 Å². The number of hydrogen-bond acceptors (Lipinski definition) is 4. The molecule has 1 N–H and O–H groups in total. The van der Waals surface area contributed by atoms with E-state index in [9.17, 15) is 9.90 Å². The van der Waals surface area contributed by atoms with Crippen molar-refractivity contribution in [3.05, 3.63) is 35.9 Å². The molecule has 1 saturated heterocycles. The summed E-state index contributed by atoms with van der Waals surface area (Å²) in [6.45, 7) is 2.99. The molecule has 1 heterocycles. The minimum Gasteiger partial charge on any atom is -0.390 e. The topological polar surface area (TPSA) is 59.0 Å². The van der Waals surface area contributed by atoms with Gasteiger partial charge in [-0.15, -0.1) is 0 Å². The number of ether oxygens (including phenoxy) is 2. The Morgan fingerprint density at radius 1 is 1.30 bits per heavy atom. The maximum Gasteiger partial charge on any atom is 0.225 e. The minimum atomic E-state index is -0.756. The summed E-state index contributed by atoms with van der Waals surface area (Å²) >= 11 is 0. The fraction of sp³-hybridized carbons (Fsp3) is 0.533. The summed E-state index contributed by atoms with van der Waals surface area (Å²) in [6.07, 6.45) is -0.650. The second-order valence-electron chi connectivity index (χ2n) is 4.85. The summed E-state index contributed by atoms with van der Waals surface area (Å²) in [4.78, 5) is 13.6. The van der Waals surface area contributed by atoms with Crippen molar-refractivity contribution in [3.8, 4) is 0 Å². The zero-order valence-electron chi connectivity index (χ0n) is 11.5. The number of morpholine rings is 1. The standard InChI is InChI=1S/C15H21NO4/c17-14(10-15(18)16-6-8-19-9-7-16)12-20-11-13-4-2-1-3-5-13/h1-5,14,17H,6-12H2. The quantitative estimate of drug-likeness (QED) is 0.837. The molecule has 20 heavy (non-hydrogen) atoms. The molecule has 0 radical (unpaired) electrons. The lowest BCUT2D eigenvalue weighted by atomic mass is 10.2. The van der Waals surface area contributed by atoms with Crippen molar-refractivity contribution in [1.82, 2.24) is 4.90 Å². The van der Waals surface area contributed by atoms with Gasteiger partial charge in [-0.05, 0) is 5.56 Å². The largest absolute Gasteiger partial charge is 0.390 e. The van der Waals surface area contributed by atoms with E-state index in [1.807, 2.05) is 30.3 Å². The molecule has 2 rings (SSSR count). The molecule has 1 aromatic carbocycles. The number of benzene rings is 1. The normalized spacial score (nSPS) is 16.9. The highest BCUT2D eigenvalue weighted by Gasteiger charge is 2.19. The van der Waals surface area contributed by atoms with Gasteiger partial charge in [-0.1, -0.05) is 30.3 Å². The maximum atomic E-state index is 11.9. The lowest BCUT2D eigenvalue weighted by molar-refractivity contribution is -0.138. The maximum absolute atomic E-state index is 11.9. The fourth-order valence-electron chi connectivity index (χ4n) is 2.09. The summed E-state index contributed by atoms with van der Waals surface area (Å²) in [6, 6.07) is 9.75. The van der Waals surface area contributed by atoms with Crippen LogP contribution in [0.4, 0.5) is 0 Å². The molecule has 0 aromatic heterocycles. The predicted molar refractivity (Wildman–Crippen MR) is 74.1 cm³/mol. The van der Waals surface area contributed by atoms with Gasteiger partial charge >= 0.3 is 0 Å². The van der Waals surface area contributed by atoms with Gasteiger partial charge in [0.1, 0.15) is 0 Å². The summed E-state index contributed by atoms with van der Waals surface area (Å²) < 4.78 is 10.6. The summed E-state index contributed by atoms with van der Waals surface area (Å²) in [5, 5.41) is 9.82. The number of rotatable bonds is 6. The van der Waals surface area contributed by atoms with Crippen LogP contribution in [0.5, 0.6) is 0 Å². The third-order valence-electron chi connectivity index (χ3n) is 3.20. The monoisotopic (exact) mass is 279 g/mol. The van der Waals surface area contributed by atoms with Gasteiger partial charge in [0, 0.05) is 13.1 Å². The smallest absolute Gasteiger partial charge is 0.225 e. The van der Waals surface area contributed by atoms with Crippen molar-refractivity contribution in [2.75, 3.05) is 32.9 Å². The number of nitrogens with zero attached hydrogens (tertiary/aromatic N) is 1. The van der Waals surface area contributed by atoms with Crippen LogP contribution in [0, 0.1) is 0 Å². The van der Waals surface area contributed by atoms with Crippen molar-refractivity contribution in [2.24, 2.45) is 0 Å². The first-order valence-corrected chi connectivity index (χ1v) is 6.91. The second kappa shape index (κ2) is 7.99. The molecule has 0 saturated carbocycles. The Balaban J connectivity index is 1.64. The van der Waals surface area contributed by atoms with Gasteiger partial charge in [0.2, 0.25) is 5.91 Å². The van der Waals surface area contributed by atoms with E-state index in [2.05, 4.69) is 0 Å². The Morgan fingerprint density at radius 2 is 2.00 bits per heavy atom. The number of carbonyl (C=O) groups excluding carboxylic acids is 1. The molecule has 1 atom stereocenters. The highest BCUT2D eigenvalue weighted by atomic mass is 16.5. The average Bonchev–Trinajstić information content (AvgIpc) is 2.49. The second-order valence-corrected chi connectivity index (χ2v) is 4.85. The van der Waals surface area contributed by atoms with E-state index >= 15 is 0 Å². The number of hydrogen-bond donors (Lipinski definition) is 1. The van der Waals surface area contributed by atoms with E-state index in [1.165, 1.54) is 0 Å². The first-order valence-electron chi connectivity index (χ1n) is 6.91. The van der Waals surface area contributed by atoms with Crippen LogP contribution in [-0.2, 0) is 20.9 Å². The van der Waals surface area contributed by atoms with E-state index < -0.39 is 6.10 Å². The SMILES string of the molecule is O=C(CC(O)COCc1ccccc1)N1CCOCC1. The van der Waals surface area contributed by atoms with E-state index in [0.717, 1.165) is 5.56 Å². The highest BCUT2D eigenvalue weighted by molar-refractivity contribution is 5.76. The van der Waals surface area contributed by atoms with Gasteiger partial charge in [-0.3, -0.25) is 4.79 Å². The highest BCUT2D eigenvalue weighted by Crippen LogP contribution is 2.05. The average molecular weight is 279 g/mol. The van der Waals surface area contributed by atoms with E-state index in [0.29, 0.717) is 32.9 Å². The Bertz CT molecular complexity index is 404. The molecule has 1 aliphatic heterocycles. The third-order valence-corrected chi connectivity index (χ3v) is 3.20. The molecular formula is C15H21NO4. The first kappa shape index (κ1) is 15.0. The van der Waals surface area contributed by atoms with Crippen molar-refractivity contribution in [1.29, 1.82) is 0 Å². The number of aliphatic hydroxyl groups excluding tert-OH is 1. The Morgan fingerprint density at radius 3 is 2.70 bits per heavy atom. The molecule has 0 bridgehead atoms. The van der Waals surface area contributed by atoms with Crippen LogP contribution in [0.15, 0.2) is 30.3 Å². The zero-order valence-corrected chi connectivity index (χ0v) is 11.5. The van der Waals surface area contributed by atoms with Gasteiger partial charge in [-0.2, -0.15) is 0 Å². The molecule has 5 nitrogen and oxygen atoms in total. The van der Waals surface area contributed by atoms with E-state index in [4.69, 9.17) is 9.47 Å². The minimum absolute atomic E-state index is 0.0379. The molecule has 0 spiro atoms. The van der Waals surface area contributed by atoms with Crippen LogP contribution < -0.4 is 0 Å². The summed E-state index contributed by atoms with van der Waals surface area (Å²) in [7, 11) is 0. The van der Waals surface area contributed by atoms with Crippen molar-refractivity contribution < 1.29 is 19.4 Å². The van der Waals surface area contributed by atoms with E-state index in [1.54, 1.807) is 4.90 Å². The Labute approximate surface area is 119 Å². The van der Waals surface area contributed by atoms with Crippen molar-refractivity contribution >= 4 is 5.91 Å². The molecule has 0 aliphatic carbocycles. The lowest BCUT2D eigenvalue weighted by Gasteiger charge is -2.27. The van der Waals surface area contributed by atoms with Crippen LogP contribution in [0.1, 0.15) is 12.0 Å². The van der Waals surface area contributed by atoms with Gasteiger partial charge in [0.15, 0.2) is 0 Å². The molecule has 1 unspecified atom stereocenters. The molecule has 110 valence electrons. The zero-order chi connectivity index (χ0) is 14.2. The molecule has 1 amide bonds. The van der Waals surface area contributed by atoms with Crippen LogP contribution in [0.2, 0.25) is 0 Å². The summed E-state index contributed by atoms with van der Waals surface area (Å²) in [5.41, 5.74) is 1.05. The number of amides is 1. The van der Waals surface area contributed by atoms with Crippen molar-refractivity contribution in [2.45, 2.75) is 19.1 Å². The van der Waals surface area contributed by atoms with Crippen LogP contribution in [0.25, 0.3) is 0 Å². The Hall–Kier alpha value is -1.43.